The van der Waals surface area contributed by atoms with Crippen molar-refractivity contribution in [1.82, 2.24) is 0 Å². The first kappa shape index (κ1) is 16.0. The van der Waals surface area contributed by atoms with Crippen LogP contribution in [0.3, 0.4) is 0 Å². The fourth-order valence-electron chi connectivity index (χ4n) is 2.69. The molecule has 1 N–H and O–H groups in total. The monoisotopic (exact) mass is 293 g/mol. The highest BCUT2D eigenvalue weighted by Crippen LogP contribution is 2.31. The summed E-state index contributed by atoms with van der Waals surface area (Å²) in [4.78, 5) is 0. The van der Waals surface area contributed by atoms with E-state index in [-0.39, 0.29) is 0 Å². The third-order valence-electron chi connectivity index (χ3n) is 3.89. The molecule has 21 heavy (non-hydrogen) atoms. The Kier molecular flexibility index (Phi) is 5.74. The second-order valence-electron chi connectivity index (χ2n) is 5.82. The lowest BCUT2D eigenvalue weighted by Gasteiger charge is -2.33. The standard InChI is InChI=1S/C17H27NO3/c1-5-20-15-7-6-13(11-17(15)19-4)18-14-8-9-21-16(10-14)12(2)3/h6-7,11-12,14,16,18H,5,8-10H2,1-4H3. The minimum atomic E-state index is 0.348. The Morgan fingerprint density at radius 3 is 2.81 bits per heavy atom. The van der Waals surface area contributed by atoms with Gasteiger partial charge in [-0.25, -0.2) is 0 Å². The first-order valence-corrected chi connectivity index (χ1v) is 7.83. The molecule has 1 fully saturated rings. The summed E-state index contributed by atoms with van der Waals surface area (Å²) < 4.78 is 16.8. The topological polar surface area (TPSA) is 39.7 Å². The molecule has 118 valence electrons. The molecule has 2 rings (SSSR count). The van der Waals surface area contributed by atoms with Gasteiger partial charge >= 0.3 is 0 Å². The number of hydrogen-bond acceptors (Lipinski definition) is 4. The predicted molar refractivity (Wildman–Crippen MR) is 85.4 cm³/mol. The van der Waals surface area contributed by atoms with E-state index in [0.29, 0.717) is 24.7 Å². The van der Waals surface area contributed by atoms with E-state index in [0.717, 1.165) is 36.6 Å². The number of benzene rings is 1. The predicted octanol–water partition coefficient (Wildman–Crippen LogP) is 3.71. The van der Waals surface area contributed by atoms with Crippen LogP contribution in [-0.2, 0) is 4.74 Å². The Labute approximate surface area is 127 Å². The van der Waals surface area contributed by atoms with Crippen molar-refractivity contribution in [3.8, 4) is 11.5 Å². The highest BCUT2D eigenvalue weighted by molar-refractivity contribution is 5.55. The number of ether oxygens (including phenoxy) is 3. The van der Waals surface area contributed by atoms with E-state index in [2.05, 4.69) is 19.2 Å². The Morgan fingerprint density at radius 2 is 2.14 bits per heavy atom. The molecule has 0 spiro atoms. The van der Waals surface area contributed by atoms with Gasteiger partial charge in [-0.2, -0.15) is 0 Å². The van der Waals surface area contributed by atoms with Crippen LogP contribution >= 0.6 is 0 Å². The van der Waals surface area contributed by atoms with Gasteiger partial charge in [0.1, 0.15) is 0 Å². The van der Waals surface area contributed by atoms with Crippen molar-refractivity contribution in [3.63, 3.8) is 0 Å². The SMILES string of the molecule is CCOc1ccc(NC2CCOC(C(C)C)C2)cc1OC. The maximum atomic E-state index is 5.82. The molecule has 0 amide bonds. The molecule has 1 aromatic carbocycles. The molecular formula is C17H27NO3. The average Bonchev–Trinajstić information content (AvgIpc) is 2.49. The molecular weight excluding hydrogens is 266 g/mol. The highest BCUT2D eigenvalue weighted by Gasteiger charge is 2.24. The van der Waals surface area contributed by atoms with Gasteiger partial charge in [0.05, 0.1) is 19.8 Å². The van der Waals surface area contributed by atoms with Gasteiger partial charge < -0.3 is 19.5 Å². The fourth-order valence-corrected chi connectivity index (χ4v) is 2.69. The fraction of sp³-hybridized carbons (Fsp3) is 0.647. The van der Waals surface area contributed by atoms with Crippen LogP contribution in [0.1, 0.15) is 33.6 Å². The lowest BCUT2D eigenvalue weighted by Crippen LogP contribution is -2.36. The molecule has 1 heterocycles. The Bertz CT molecular complexity index is 448. The number of methoxy groups -OCH3 is 1. The van der Waals surface area contributed by atoms with Gasteiger partial charge in [-0.05, 0) is 37.8 Å². The lowest BCUT2D eigenvalue weighted by molar-refractivity contribution is -0.0160. The molecule has 0 aliphatic carbocycles. The van der Waals surface area contributed by atoms with Gasteiger partial charge in [-0.1, -0.05) is 13.8 Å². The Morgan fingerprint density at radius 1 is 1.33 bits per heavy atom. The van der Waals surface area contributed by atoms with E-state index in [4.69, 9.17) is 14.2 Å². The minimum absolute atomic E-state index is 0.348. The number of rotatable bonds is 6. The van der Waals surface area contributed by atoms with Crippen molar-refractivity contribution in [2.24, 2.45) is 5.92 Å². The largest absolute Gasteiger partial charge is 0.493 e. The molecule has 1 aliphatic heterocycles. The lowest BCUT2D eigenvalue weighted by atomic mass is 9.95. The van der Waals surface area contributed by atoms with Crippen molar-refractivity contribution in [3.05, 3.63) is 18.2 Å². The van der Waals surface area contributed by atoms with Crippen LogP contribution in [0, 0.1) is 5.92 Å². The maximum absolute atomic E-state index is 5.82. The Balaban J connectivity index is 2.02. The molecule has 2 unspecified atom stereocenters. The van der Waals surface area contributed by atoms with Crippen LogP contribution in [0.15, 0.2) is 18.2 Å². The van der Waals surface area contributed by atoms with E-state index in [1.807, 2.05) is 25.1 Å². The number of anilines is 1. The summed E-state index contributed by atoms with van der Waals surface area (Å²) in [7, 11) is 1.67. The minimum Gasteiger partial charge on any atom is -0.493 e. The van der Waals surface area contributed by atoms with E-state index in [9.17, 15) is 0 Å². The number of nitrogens with one attached hydrogen (secondary N) is 1. The average molecular weight is 293 g/mol. The van der Waals surface area contributed by atoms with Crippen LogP contribution in [0.25, 0.3) is 0 Å². The summed E-state index contributed by atoms with van der Waals surface area (Å²) in [5, 5.41) is 3.59. The van der Waals surface area contributed by atoms with Gasteiger partial charge in [-0.3, -0.25) is 0 Å². The molecule has 0 radical (unpaired) electrons. The van der Waals surface area contributed by atoms with Crippen molar-refractivity contribution >= 4 is 5.69 Å². The van der Waals surface area contributed by atoms with Crippen molar-refractivity contribution < 1.29 is 14.2 Å². The smallest absolute Gasteiger partial charge is 0.162 e. The summed E-state index contributed by atoms with van der Waals surface area (Å²) in [5.41, 5.74) is 1.07. The summed E-state index contributed by atoms with van der Waals surface area (Å²) in [5.74, 6) is 2.12. The molecule has 0 aromatic heterocycles. The van der Waals surface area contributed by atoms with Gasteiger partial charge in [0.15, 0.2) is 11.5 Å². The van der Waals surface area contributed by atoms with Gasteiger partial charge in [0.2, 0.25) is 0 Å². The van der Waals surface area contributed by atoms with Crippen molar-refractivity contribution in [1.29, 1.82) is 0 Å². The zero-order valence-electron chi connectivity index (χ0n) is 13.5. The number of hydrogen-bond donors (Lipinski definition) is 1. The van der Waals surface area contributed by atoms with Crippen LogP contribution < -0.4 is 14.8 Å². The van der Waals surface area contributed by atoms with Crippen LogP contribution in [0.4, 0.5) is 5.69 Å². The molecule has 0 saturated carbocycles. The Hall–Kier alpha value is -1.42. The van der Waals surface area contributed by atoms with Crippen molar-refractivity contribution in [2.45, 2.75) is 45.8 Å². The summed E-state index contributed by atoms with van der Waals surface area (Å²) in [6.45, 7) is 7.87. The van der Waals surface area contributed by atoms with Crippen LogP contribution in [0.5, 0.6) is 11.5 Å². The van der Waals surface area contributed by atoms with Crippen molar-refractivity contribution in [2.75, 3.05) is 25.6 Å². The molecule has 4 nitrogen and oxygen atoms in total. The highest BCUT2D eigenvalue weighted by atomic mass is 16.5. The van der Waals surface area contributed by atoms with Crippen LogP contribution in [0.2, 0.25) is 0 Å². The van der Waals surface area contributed by atoms with E-state index >= 15 is 0 Å². The van der Waals surface area contributed by atoms with Crippen LogP contribution in [-0.4, -0.2) is 32.5 Å². The summed E-state index contributed by atoms with van der Waals surface area (Å²) in [6, 6.07) is 6.47. The quantitative estimate of drug-likeness (QED) is 0.868. The zero-order chi connectivity index (χ0) is 15.2. The molecule has 4 heteroatoms. The normalized spacial score (nSPS) is 22.1. The van der Waals surface area contributed by atoms with Gasteiger partial charge in [-0.15, -0.1) is 0 Å². The first-order valence-electron chi connectivity index (χ1n) is 7.83. The van der Waals surface area contributed by atoms with E-state index in [1.54, 1.807) is 7.11 Å². The first-order chi connectivity index (χ1) is 10.1. The molecule has 1 aliphatic rings. The van der Waals surface area contributed by atoms with E-state index < -0.39 is 0 Å². The molecule has 1 saturated heterocycles. The third-order valence-corrected chi connectivity index (χ3v) is 3.89. The summed E-state index contributed by atoms with van der Waals surface area (Å²) in [6.07, 6.45) is 2.44. The summed E-state index contributed by atoms with van der Waals surface area (Å²) >= 11 is 0. The molecule has 2 atom stereocenters. The molecule has 0 bridgehead atoms. The van der Waals surface area contributed by atoms with E-state index in [1.165, 1.54) is 0 Å². The maximum Gasteiger partial charge on any atom is 0.162 e. The van der Waals surface area contributed by atoms with Gasteiger partial charge in [0.25, 0.3) is 0 Å². The zero-order valence-corrected chi connectivity index (χ0v) is 13.5. The van der Waals surface area contributed by atoms with Gasteiger partial charge in [0, 0.05) is 24.4 Å². The second kappa shape index (κ2) is 7.55. The molecule has 1 aromatic rings. The third kappa shape index (κ3) is 4.27. The second-order valence-corrected chi connectivity index (χ2v) is 5.82.